The number of rotatable bonds is 3. The van der Waals surface area contributed by atoms with Crippen LogP contribution in [0.2, 0.25) is 0 Å². The van der Waals surface area contributed by atoms with Gasteiger partial charge in [-0.15, -0.1) is 0 Å². The van der Waals surface area contributed by atoms with Crippen LogP contribution in [0.5, 0.6) is 0 Å². The molecule has 0 amide bonds. The van der Waals surface area contributed by atoms with Gasteiger partial charge in [0.05, 0.1) is 0 Å². The summed E-state index contributed by atoms with van der Waals surface area (Å²) in [5.41, 5.74) is 8.62. The summed E-state index contributed by atoms with van der Waals surface area (Å²) in [5.74, 6) is 0.805. The predicted molar refractivity (Wildman–Crippen MR) is 62.8 cm³/mol. The summed E-state index contributed by atoms with van der Waals surface area (Å²) >= 11 is 1.65. The Morgan fingerprint density at radius 3 is 2.93 bits per heavy atom. The summed E-state index contributed by atoms with van der Waals surface area (Å²) in [6.07, 6.45) is 0.806. The Morgan fingerprint density at radius 1 is 1.40 bits per heavy atom. The molecule has 0 aromatic carbocycles. The van der Waals surface area contributed by atoms with E-state index in [1.807, 2.05) is 24.4 Å². The third-order valence-corrected chi connectivity index (χ3v) is 2.77. The molecule has 0 unspecified atom stereocenters. The van der Waals surface area contributed by atoms with Gasteiger partial charge in [-0.3, -0.25) is 0 Å². The molecule has 4 heteroatoms. The smallest absolute Gasteiger partial charge is 0.160 e. The molecule has 0 aliphatic heterocycles. The van der Waals surface area contributed by atoms with Crippen LogP contribution < -0.4 is 5.73 Å². The third-order valence-electron chi connectivity index (χ3n) is 2.09. The van der Waals surface area contributed by atoms with Crippen LogP contribution in [0.4, 0.5) is 0 Å². The van der Waals surface area contributed by atoms with E-state index < -0.39 is 0 Å². The van der Waals surface area contributed by atoms with E-state index in [1.165, 1.54) is 0 Å². The first-order valence-corrected chi connectivity index (χ1v) is 5.81. The van der Waals surface area contributed by atoms with Crippen LogP contribution in [0.25, 0.3) is 11.4 Å². The number of nitrogens with zero attached hydrogens (tertiary/aromatic N) is 2. The highest BCUT2D eigenvalue weighted by Gasteiger charge is 2.04. The monoisotopic (exact) mass is 219 g/mol. The lowest BCUT2D eigenvalue weighted by Crippen LogP contribution is -2.06. The largest absolute Gasteiger partial charge is 0.330 e. The van der Waals surface area contributed by atoms with Crippen molar-refractivity contribution in [2.24, 2.45) is 5.73 Å². The summed E-state index contributed by atoms with van der Waals surface area (Å²) < 4.78 is 0. The third kappa shape index (κ3) is 2.40. The van der Waals surface area contributed by atoms with E-state index in [0.29, 0.717) is 6.54 Å². The molecule has 2 heterocycles. The molecular formula is C11H13N3S. The van der Waals surface area contributed by atoms with Crippen LogP contribution in [0.1, 0.15) is 11.4 Å². The zero-order chi connectivity index (χ0) is 10.7. The maximum Gasteiger partial charge on any atom is 0.160 e. The van der Waals surface area contributed by atoms with E-state index in [1.54, 1.807) is 11.3 Å². The minimum Gasteiger partial charge on any atom is -0.330 e. The van der Waals surface area contributed by atoms with E-state index >= 15 is 0 Å². The summed E-state index contributed by atoms with van der Waals surface area (Å²) in [5, 5.41) is 4.09. The van der Waals surface area contributed by atoms with Gasteiger partial charge in [0.25, 0.3) is 0 Å². The van der Waals surface area contributed by atoms with Gasteiger partial charge in [0.1, 0.15) is 0 Å². The second-order valence-corrected chi connectivity index (χ2v) is 4.16. The lowest BCUT2D eigenvalue weighted by molar-refractivity contribution is 0.905. The van der Waals surface area contributed by atoms with Gasteiger partial charge in [-0.1, -0.05) is 0 Å². The standard InChI is InChI=1S/C11H13N3S/c1-8-6-10(2-4-12)14-11(13-8)9-3-5-15-7-9/h3,5-7H,2,4,12H2,1H3. The number of hydrogen-bond acceptors (Lipinski definition) is 4. The number of nitrogens with two attached hydrogens (primary N) is 1. The molecule has 0 atom stereocenters. The second-order valence-electron chi connectivity index (χ2n) is 3.37. The summed E-state index contributed by atoms with van der Waals surface area (Å²) in [4.78, 5) is 8.89. The van der Waals surface area contributed by atoms with Crippen LogP contribution in [0.3, 0.4) is 0 Å². The van der Waals surface area contributed by atoms with Crippen molar-refractivity contribution in [1.82, 2.24) is 9.97 Å². The Balaban J connectivity index is 2.40. The van der Waals surface area contributed by atoms with E-state index in [0.717, 1.165) is 29.2 Å². The molecule has 0 radical (unpaired) electrons. The SMILES string of the molecule is Cc1cc(CCN)nc(-c2ccsc2)n1. The van der Waals surface area contributed by atoms with Crippen molar-refractivity contribution in [3.63, 3.8) is 0 Å². The molecule has 78 valence electrons. The van der Waals surface area contributed by atoms with Crippen LogP contribution in [-0.2, 0) is 6.42 Å². The maximum absolute atomic E-state index is 5.52. The number of aryl methyl sites for hydroxylation is 1. The number of hydrogen-bond donors (Lipinski definition) is 1. The lowest BCUT2D eigenvalue weighted by Gasteiger charge is -2.03. The highest BCUT2D eigenvalue weighted by Crippen LogP contribution is 2.18. The summed E-state index contributed by atoms with van der Waals surface area (Å²) in [6.45, 7) is 2.61. The maximum atomic E-state index is 5.52. The summed E-state index contributed by atoms with van der Waals surface area (Å²) in [6, 6.07) is 4.02. The predicted octanol–water partition coefficient (Wildman–Crippen LogP) is 2.01. The lowest BCUT2D eigenvalue weighted by atomic mass is 10.2. The molecule has 2 aromatic heterocycles. The molecule has 15 heavy (non-hydrogen) atoms. The van der Waals surface area contributed by atoms with Gasteiger partial charge in [-0.05, 0) is 31.0 Å². The molecule has 0 spiro atoms. The molecule has 0 fully saturated rings. The first-order valence-electron chi connectivity index (χ1n) is 4.87. The molecule has 0 aliphatic rings. The molecule has 2 rings (SSSR count). The minimum absolute atomic E-state index is 0.625. The normalized spacial score (nSPS) is 10.5. The molecule has 0 saturated heterocycles. The quantitative estimate of drug-likeness (QED) is 0.859. The van der Waals surface area contributed by atoms with E-state index in [-0.39, 0.29) is 0 Å². The fraction of sp³-hybridized carbons (Fsp3) is 0.273. The average molecular weight is 219 g/mol. The van der Waals surface area contributed by atoms with Crippen LogP contribution in [-0.4, -0.2) is 16.5 Å². The van der Waals surface area contributed by atoms with Crippen molar-refractivity contribution in [3.05, 3.63) is 34.3 Å². The van der Waals surface area contributed by atoms with Gasteiger partial charge in [0, 0.05) is 28.8 Å². The summed E-state index contributed by atoms with van der Waals surface area (Å²) in [7, 11) is 0. The van der Waals surface area contributed by atoms with Crippen molar-refractivity contribution in [1.29, 1.82) is 0 Å². The number of thiophene rings is 1. The van der Waals surface area contributed by atoms with Crippen LogP contribution >= 0.6 is 11.3 Å². The molecule has 2 aromatic rings. The highest BCUT2D eigenvalue weighted by atomic mass is 32.1. The molecule has 0 saturated carbocycles. The fourth-order valence-corrected chi connectivity index (χ4v) is 2.06. The van der Waals surface area contributed by atoms with Gasteiger partial charge < -0.3 is 5.73 Å². The average Bonchev–Trinajstić information content (AvgIpc) is 2.70. The van der Waals surface area contributed by atoms with Crippen molar-refractivity contribution < 1.29 is 0 Å². The fourth-order valence-electron chi connectivity index (χ4n) is 1.43. The van der Waals surface area contributed by atoms with E-state index in [9.17, 15) is 0 Å². The molecular weight excluding hydrogens is 206 g/mol. The Bertz CT molecular complexity index is 437. The van der Waals surface area contributed by atoms with Gasteiger partial charge in [0.15, 0.2) is 5.82 Å². The zero-order valence-electron chi connectivity index (χ0n) is 8.60. The number of aromatic nitrogens is 2. The van der Waals surface area contributed by atoms with Gasteiger partial charge in [-0.2, -0.15) is 11.3 Å². The van der Waals surface area contributed by atoms with Crippen molar-refractivity contribution in [2.75, 3.05) is 6.54 Å². The minimum atomic E-state index is 0.625. The van der Waals surface area contributed by atoms with E-state index in [4.69, 9.17) is 5.73 Å². The zero-order valence-corrected chi connectivity index (χ0v) is 9.42. The Hall–Kier alpha value is -1.26. The Labute approximate surface area is 93.0 Å². The molecule has 2 N–H and O–H groups in total. The van der Waals surface area contributed by atoms with Crippen molar-refractivity contribution in [2.45, 2.75) is 13.3 Å². The van der Waals surface area contributed by atoms with Crippen LogP contribution in [0.15, 0.2) is 22.9 Å². The molecule has 0 bridgehead atoms. The first kappa shape index (κ1) is 10.3. The van der Waals surface area contributed by atoms with E-state index in [2.05, 4.69) is 15.3 Å². The van der Waals surface area contributed by atoms with Crippen molar-refractivity contribution >= 4 is 11.3 Å². The highest BCUT2D eigenvalue weighted by molar-refractivity contribution is 7.08. The van der Waals surface area contributed by atoms with Crippen LogP contribution in [0, 0.1) is 6.92 Å². The van der Waals surface area contributed by atoms with Gasteiger partial charge >= 0.3 is 0 Å². The topological polar surface area (TPSA) is 51.8 Å². The van der Waals surface area contributed by atoms with Gasteiger partial charge in [0.2, 0.25) is 0 Å². The van der Waals surface area contributed by atoms with Crippen molar-refractivity contribution in [3.8, 4) is 11.4 Å². The second kappa shape index (κ2) is 4.51. The molecule has 3 nitrogen and oxygen atoms in total. The van der Waals surface area contributed by atoms with Gasteiger partial charge in [-0.25, -0.2) is 9.97 Å². The molecule has 0 aliphatic carbocycles. The Kier molecular flexibility index (Phi) is 3.08. The first-order chi connectivity index (χ1) is 7.29. The Morgan fingerprint density at radius 2 is 2.27 bits per heavy atom.